The van der Waals surface area contributed by atoms with Gasteiger partial charge in [-0.3, -0.25) is 0 Å². The summed E-state index contributed by atoms with van der Waals surface area (Å²) in [5.41, 5.74) is 9.24. The third-order valence-electron chi connectivity index (χ3n) is 3.78. The van der Waals surface area contributed by atoms with Crippen LogP contribution in [0.25, 0.3) is 0 Å². The number of halogens is 1. The Labute approximate surface area is 129 Å². The zero-order chi connectivity index (χ0) is 15.7. The maximum Gasteiger partial charge on any atom is 0.146 e. The van der Waals surface area contributed by atoms with Crippen LogP contribution < -0.4 is 15.2 Å². The van der Waals surface area contributed by atoms with E-state index in [1.165, 1.54) is 0 Å². The summed E-state index contributed by atoms with van der Waals surface area (Å²) >= 11 is 6.30. The summed E-state index contributed by atoms with van der Waals surface area (Å²) < 4.78 is 16.3. The molecule has 0 spiro atoms. The molecule has 1 aromatic heterocycles. The van der Waals surface area contributed by atoms with Crippen molar-refractivity contribution in [2.45, 2.75) is 26.8 Å². The van der Waals surface area contributed by atoms with Gasteiger partial charge in [0.15, 0.2) is 0 Å². The van der Waals surface area contributed by atoms with Crippen LogP contribution in [-0.2, 0) is 0 Å². The second kappa shape index (κ2) is 6.00. The Morgan fingerprint density at radius 3 is 2.24 bits per heavy atom. The highest BCUT2D eigenvalue weighted by Crippen LogP contribution is 2.41. The van der Waals surface area contributed by atoms with Gasteiger partial charge < -0.3 is 19.6 Å². The molecule has 2 N–H and O–H groups in total. The van der Waals surface area contributed by atoms with E-state index >= 15 is 0 Å². The second-order valence-electron chi connectivity index (χ2n) is 4.94. The molecule has 0 aliphatic heterocycles. The van der Waals surface area contributed by atoms with Crippen LogP contribution in [0.4, 0.5) is 0 Å². The number of ether oxygens (including phenoxy) is 2. The van der Waals surface area contributed by atoms with Gasteiger partial charge in [0.1, 0.15) is 28.0 Å². The van der Waals surface area contributed by atoms with Crippen LogP contribution in [0, 0.1) is 20.8 Å². The number of nitrogens with two attached hydrogens (primary N) is 1. The van der Waals surface area contributed by atoms with E-state index in [0.717, 1.165) is 28.2 Å². The molecule has 5 heteroatoms. The third kappa shape index (κ3) is 2.61. The lowest BCUT2D eigenvalue weighted by Gasteiger charge is -2.18. The van der Waals surface area contributed by atoms with E-state index in [-0.39, 0.29) is 6.04 Å². The number of hydrogen-bond acceptors (Lipinski definition) is 4. The molecule has 1 aromatic carbocycles. The molecule has 0 saturated heterocycles. The molecule has 0 fully saturated rings. The van der Waals surface area contributed by atoms with Crippen molar-refractivity contribution in [1.82, 2.24) is 0 Å². The number of methoxy groups -OCH3 is 2. The molecule has 4 nitrogen and oxygen atoms in total. The van der Waals surface area contributed by atoms with E-state index in [9.17, 15) is 0 Å². The average molecular weight is 310 g/mol. The first-order chi connectivity index (χ1) is 9.92. The first kappa shape index (κ1) is 15.7. The molecule has 1 atom stereocenters. The minimum absolute atomic E-state index is 0.374. The smallest absolute Gasteiger partial charge is 0.146 e. The summed E-state index contributed by atoms with van der Waals surface area (Å²) in [5.74, 6) is 2.77. The highest BCUT2D eigenvalue weighted by atomic mass is 35.5. The minimum Gasteiger partial charge on any atom is -0.495 e. The topological polar surface area (TPSA) is 57.6 Å². The van der Waals surface area contributed by atoms with Gasteiger partial charge in [0.25, 0.3) is 0 Å². The SMILES string of the molecule is COc1ccc(C(N)c2c(C)oc(C)c2C)c(OC)c1Cl. The number of benzene rings is 1. The van der Waals surface area contributed by atoms with Crippen molar-refractivity contribution in [1.29, 1.82) is 0 Å². The second-order valence-corrected chi connectivity index (χ2v) is 5.31. The fraction of sp³-hybridized carbons (Fsp3) is 0.375. The summed E-state index contributed by atoms with van der Waals surface area (Å²) in [6.07, 6.45) is 0. The maximum atomic E-state index is 6.43. The van der Waals surface area contributed by atoms with E-state index < -0.39 is 0 Å². The van der Waals surface area contributed by atoms with Crippen molar-refractivity contribution in [2.24, 2.45) is 5.73 Å². The van der Waals surface area contributed by atoms with Crippen LogP contribution in [0.3, 0.4) is 0 Å². The highest BCUT2D eigenvalue weighted by molar-refractivity contribution is 6.33. The van der Waals surface area contributed by atoms with E-state index in [4.69, 9.17) is 31.2 Å². The fourth-order valence-corrected chi connectivity index (χ4v) is 2.91. The number of hydrogen-bond donors (Lipinski definition) is 1. The summed E-state index contributed by atoms with van der Waals surface area (Å²) in [6.45, 7) is 5.84. The van der Waals surface area contributed by atoms with Gasteiger partial charge in [-0.2, -0.15) is 0 Å². The minimum atomic E-state index is -0.374. The first-order valence-electron chi connectivity index (χ1n) is 6.64. The molecule has 21 heavy (non-hydrogen) atoms. The summed E-state index contributed by atoms with van der Waals surface area (Å²) in [5, 5.41) is 0.420. The molecule has 2 rings (SSSR count). The van der Waals surface area contributed by atoms with Crippen molar-refractivity contribution in [3.05, 3.63) is 45.4 Å². The van der Waals surface area contributed by atoms with Crippen LogP contribution in [0.2, 0.25) is 5.02 Å². The molecule has 0 saturated carbocycles. The van der Waals surface area contributed by atoms with Gasteiger partial charge in [0.2, 0.25) is 0 Å². The number of furan rings is 1. The Hall–Kier alpha value is -1.65. The predicted molar refractivity (Wildman–Crippen MR) is 83.5 cm³/mol. The van der Waals surface area contributed by atoms with Gasteiger partial charge in [-0.25, -0.2) is 0 Å². The summed E-state index contributed by atoms with van der Waals surface area (Å²) in [6, 6.07) is 3.29. The van der Waals surface area contributed by atoms with Crippen LogP contribution >= 0.6 is 11.6 Å². The van der Waals surface area contributed by atoms with Gasteiger partial charge in [0.05, 0.1) is 20.3 Å². The normalized spacial score (nSPS) is 12.3. The van der Waals surface area contributed by atoms with Crippen molar-refractivity contribution in [3.63, 3.8) is 0 Å². The summed E-state index contributed by atoms with van der Waals surface area (Å²) in [7, 11) is 3.13. The van der Waals surface area contributed by atoms with E-state index in [1.807, 2.05) is 26.8 Å². The molecule has 0 aliphatic rings. The third-order valence-corrected chi connectivity index (χ3v) is 4.14. The Balaban J connectivity index is 2.58. The Morgan fingerprint density at radius 1 is 1.10 bits per heavy atom. The van der Waals surface area contributed by atoms with Gasteiger partial charge in [-0.05, 0) is 38.5 Å². The zero-order valence-corrected chi connectivity index (χ0v) is 13.7. The van der Waals surface area contributed by atoms with E-state index in [0.29, 0.717) is 16.5 Å². The van der Waals surface area contributed by atoms with Gasteiger partial charge in [-0.15, -0.1) is 0 Å². The molecule has 1 heterocycles. The Kier molecular flexibility index (Phi) is 4.49. The molecule has 0 amide bonds. The van der Waals surface area contributed by atoms with Gasteiger partial charge in [0, 0.05) is 11.1 Å². The standard InChI is InChI=1S/C16H20ClNO3/c1-8-9(2)21-10(3)13(8)15(18)11-6-7-12(19-4)14(17)16(11)20-5/h6-7,15H,18H2,1-5H3. The molecular weight excluding hydrogens is 290 g/mol. The van der Waals surface area contributed by atoms with Crippen LogP contribution in [0.1, 0.15) is 34.3 Å². The van der Waals surface area contributed by atoms with Crippen LogP contribution in [0.5, 0.6) is 11.5 Å². The van der Waals surface area contributed by atoms with Crippen LogP contribution in [0.15, 0.2) is 16.5 Å². The Morgan fingerprint density at radius 2 is 1.76 bits per heavy atom. The predicted octanol–water partition coefficient (Wildman–Crippen LogP) is 3.92. The number of aryl methyl sites for hydroxylation is 2. The lowest BCUT2D eigenvalue weighted by atomic mass is 9.95. The monoisotopic (exact) mass is 309 g/mol. The maximum absolute atomic E-state index is 6.43. The molecule has 2 aromatic rings. The highest BCUT2D eigenvalue weighted by Gasteiger charge is 2.24. The molecule has 114 valence electrons. The average Bonchev–Trinajstić information content (AvgIpc) is 2.71. The molecule has 1 unspecified atom stereocenters. The van der Waals surface area contributed by atoms with Crippen molar-refractivity contribution < 1.29 is 13.9 Å². The zero-order valence-electron chi connectivity index (χ0n) is 12.9. The van der Waals surface area contributed by atoms with Gasteiger partial charge >= 0.3 is 0 Å². The summed E-state index contributed by atoms with van der Waals surface area (Å²) in [4.78, 5) is 0. The fourth-order valence-electron chi connectivity index (χ4n) is 2.59. The van der Waals surface area contributed by atoms with E-state index in [2.05, 4.69) is 0 Å². The van der Waals surface area contributed by atoms with Crippen molar-refractivity contribution >= 4 is 11.6 Å². The van der Waals surface area contributed by atoms with Crippen molar-refractivity contribution in [2.75, 3.05) is 14.2 Å². The molecule has 0 aliphatic carbocycles. The van der Waals surface area contributed by atoms with Gasteiger partial charge in [-0.1, -0.05) is 11.6 Å². The Bertz CT molecular complexity index is 664. The molecular formula is C16H20ClNO3. The quantitative estimate of drug-likeness (QED) is 0.930. The molecule has 0 bridgehead atoms. The van der Waals surface area contributed by atoms with E-state index in [1.54, 1.807) is 20.3 Å². The largest absolute Gasteiger partial charge is 0.495 e. The number of rotatable bonds is 4. The first-order valence-corrected chi connectivity index (χ1v) is 7.02. The molecule has 0 radical (unpaired) electrons. The lowest BCUT2D eigenvalue weighted by molar-refractivity contribution is 0.390. The van der Waals surface area contributed by atoms with Crippen molar-refractivity contribution in [3.8, 4) is 11.5 Å². The van der Waals surface area contributed by atoms with Crippen LogP contribution in [-0.4, -0.2) is 14.2 Å². The lowest BCUT2D eigenvalue weighted by Crippen LogP contribution is -2.15.